The van der Waals surface area contributed by atoms with Gasteiger partial charge in [-0.2, -0.15) is 10.2 Å². The molecule has 4 heteroatoms. The molecule has 2 aromatic carbocycles. The Morgan fingerprint density at radius 2 is 1.71 bits per heavy atom. The Labute approximate surface area is 142 Å². The zero-order valence-electron chi connectivity index (χ0n) is 13.7. The fourth-order valence-corrected chi connectivity index (χ4v) is 2.68. The van der Waals surface area contributed by atoms with E-state index < -0.39 is 0 Å². The normalized spacial score (nSPS) is 15.6. The van der Waals surface area contributed by atoms with Crippen LogP contribution in [-0.4, -0.2) is 13.2 Å². The molecule has 0 spiro atoms. The minimum absolute atomic E-state index is 0.195. The van der Waals surface area contributed by atoms with Crippen molar-refractivity contribution in [2.75, 3.05) is 13.2 Å². The molecule has 0 aromatic heterocycles. The van der Waals surface area contributed by atoms with E-state index in [0.29, 0.717) is 13.2 Å². The Bertz CT molecular complexity index is 761. The third kappa shape index (κ3) is 3.78. The van der Waals surface area contributed by atoms with E-state index in [4.69, 9.17) is 10.5 Å². The van der Waals surface area contributed by atoms with Crippen molar-refractivity contribution in [1.29, 1.82) is 0 Å². The molecule has 0 aliphatic carbocycles. The molecule has 2 aromatic rings. The van der Waals surface area contributed by atoms with Gasteiger partial charge >= 0.3 is 0 Å². The van der Waals surface area contributed by atoms with Crippen LogP contribution < -0.4 is 5.73 Å². The number of benzene rings is 2. The summed E-state index contributed by atoms with van der Waals surface area (Å²) >= 11 is 0. The summed E-state index contributed by atoms with van der Waals surface area (Å²) < 4.78 is 5.21. The van der Waals surface area contributed by atoms with Gasteiger partial charge in [0.2, 0.25) is 0 Å². The number of ether oxygens (including phenoxy) is 1. The summed E-state index contributed by atoms with van der Waals surface area (Å²) in [5, 5.41) is 8.61. The van der Waals surface area contributed by atoms with Gasteiger partial charge in [0.15, 0.2) is 0 Å². The SMILES string of the molecule is CC1=COCC=C1N=Nc1ccc(C(CN)c2ccccc2)cc1. The smallest absolute Gasteiger partial charge is 0.108 e. The summed E-state index contributed by atoms with van der Waals surface area (Å²) in [4.78, 5) is 0. The highest BCUT2D eigenvalue weighted by Gasteiger charge is 2.11. The number of rotatable bonds is 5. The molecule has 0 saturated heterocycles. The van der Waals surface area contributed by atoms with E-state index >= 15 is 0 Å². The first-order valence-electron chi connectivity index (χ1n) is 8.03. The van der Waals surface area contributed by atoms with Crippen LogP contribution in [-0.2, 0) is 4.74 Å². The second-order valence-corrected chi connectivity index (χ2v) is 5.71. The van der Waals surface area contributed by atoms with Gasteiger partial charge in [-0.3, -0.25) is 0 Å². The highest BCUT2D eigenvalue weighted by molar-refractivity contribution is 5.42. The molecule has 2 N–H and O–H groups in total. The molecule has 0 radical (unpaired) electrons. The van der Waals surface area contributed by atoms with Crippen molar-refractivity contribution < 1.29 is 4.74 Å². The number of nitrogens with zero attached hydrogens (tertiary/aromatic N) is 2. The number of allylic oxidation sites excluding steroid dienone is 1. The lowest BCUT2D eigenvalue weighted by Gasteiger charge is -2.15. The summed E-state index contributed by atoms with van der Waals surface area (Å²) in [6.45, 7) is 3.07. The lowest BCUT2D eigenvalue weighted by molar-refractivity contribution is 0.280. The van der Waals surface area contributed by atoms with Crippen LogP contribution >= 0.6 is 0 Å². The van der Waals surface area contributed by atoms with Crippen molar-refractivity contribution in [3.63, 3.8) is 0 Å². The minimum Gasteiger partial charge on any atom is -0.497 e. The molecule has 0 saturated carbocycles. The average Bonchev–Trinajstić information content (AvgIpc) is 2.64. The highest BCUT2D eigenvalue weighted by atomic mass is 16.5. The monoisotopic (exact) mass is 319 g/mol. The molecular formula is C20H21N3O. The Morgan fingerprint density at radius 3 is 2.38 bits per heavy atom. The first-order chi connectivity index (χ1) is 11.8. The van der Waals surface area contributed by atoms with Gasteiger partial charge in [-0.05, 0) is 36.3 Å². The number of hydrogen-bond acceptors (Lipinski definition) is 4. The molecule has 122 valence electrons. The second-order valence-electron chi connectivity index (χ2n) is 5.71. The summed E-state index contributed by atoms with van der Waals surface area (Å²) in [5.41, 5.74) is 11.0. The van der Waals surface area contributed by atoms with Crippen molar-refractivity contribution in [3.8, 4) is 0 Å². The van der Waals surface area contributed by atoms with Gasteiger partial charge in [0.05, 0.1) is 17.6 Å². The van der Waals surface area contributed by atoms with Gasteiger partial charge in [-0.25, -0.2) is 0 Å². The van der Waals surface area contributed by atoms with Crippen LogP contribution in [0, 0.1) is 0 Å². The fraction of sp³-hybridized carbons (Fsp3) is 0.200. The number of azo groups is 1. The summed E-state index contributed by atoms with van der Waals surface area (Å²) in [7, 11) is 0. The van der Waals surface area contributed by atoms with E-state index in [2.05, 4.69) is 34.5 Å². The van der Waals surface area contributed by atoms with Crippen LogP contribution in [0.5, 0.6) is 0 Å². The van der Waals surface area contributed by atoms with Crippen molar-refractivity contribution in [3.05, 3.63) is 89.3 Å². The van der Waals surface area contributed by atoms with Gasteiger partial charge in [-0.1, -0.05) is 42.5 Å². The molecule has 1 heterocycles. The third-order valence-corrected chi connectivity index (χ3v) is 4.04. The highest BCUT2D eigenvalue weighted by Crippen LogP contribution is 2.26. The van der Waals surface area contributed by atoms with Crippen LogP contribution in [0.25, 0.3) is 0 Å². The third-order valence-electron chi connectivity index (χ3n) is 4.04. The van der Waals surface area contributed by atoms with E-state index in [1.807, 2.05) is 43.3 Å². The van der Waals surface area contributed by atoms with E-state index in [1.54, 1.807) is 6.26 Å². The van der Waals surface area contributed by atoms with Crippen LogP contribution in [0.3, 0.4) is 0 Å². The van der Waals surface area contributed by atoms with Crippen LogP contribution in [0.1, 0.15) is 24.0 Å². The predicted molar refractivity (Wildman–Crippen MR) is 96.1 cm³/mol. The summed E-state index contributed by atoms with van der Waals surface area (Å²) in [6.07, 6.45) is 3.64. The zero-order valence-corrected chi connectivity index (χ0v) is 13.7. The molecule has 24 heavy (non-hydrogen) atoms. The van der Waals surface area contributed by atoms with Gasteiger partial charge in [0, 0.05) is 18.0 Å². The lowest BCUT2D eigenvalue weighted by Crippen LogP contribution is -2.13. The van der Waals surface area contributed by atoms with Crippen molar-refractivity contribution in [1.82, 2.24) is 0 Å². The average molecular weight is 319 g/mol. The quantitative estimate of drug-likeness (QED) is 0.813. The minimum atomic E-state index is 0.195. The Kier molecular flexibility index (Phi) is 5.18. The number of hydrogen-bond donors (Lipinski definition) is 1. The van der Waals surface area contributed by atoms with Crippen LogP contribution in [0.15, 0.2) is 88.4 Å². The van der Waals surface area contributed by atoms with Crippen molar-refractivity contribution in [2.45, 2.75) is 12.8 Å². The summed E-state index contributed by atoms with van der Waals surface area (Å²) in [6, 6.07) is 18.4. The molecule has 1 aliphatic heterocycles. The van der Waals surface area contributed by atoms with Crippen molar-refractivity contribution >= 4 is 5.69 Å². The Hall–Kier alpha value is -2.72. The van der Waals surface area contributed by atoms with Crippen LogP contribution in [0.2, 0.25) is 0 Å². The standard InChI is InChI=1S/C20H21N3O/c1-15-14-24-12-11-20(15)23-22-18-9-7-17(8-10-18)19(13-21)16-5-3-2-4-6-16/h2-11,14,19H,12-13,21H2,1H3. The number of nitrogens with two attached hydrogens (primary N) is 1. The maximum Gasteiger partial charge on any atom is 0.108 e. The molecule has 3 rings (SSSR count). The van der Waals surface area contributed by atoms with Gasteiger partial charge < -0.3 is 10.5 Å². The van der Waals surface area contributed by atoms with Crippen molar-refractivity contribution in [2.24, 2.45) is 16.0 Å². The van der Waals surface area contributed by atoms with E-state index in [9.17, 15) is 0 Å². The first-order valence-corrected chi connectivity index (χ1v) is 8.03. The molecule has 0 amide bonds. The van der Waals surface area contributed by atoms with Crippen LogP contribution in [0.4, 0.5) is 5.69 Å². The second kappa shape index (κ2) is 7.70. The first kappa shape index (κ1) is 16.1. The maximum atomic E-state index is 5.98. The topological polar surface area (TPSA) is 60.0 Å². The zero-order chi connectivity index (χ0) is 16.8. The predicted octanol–water partition coefficient (Wildman–Crippen LogP) is 4.68. The fourth-order valence-electron chi connectivity index (χ4n) is 2.68. The van der Waals surface area contributed by atoms with Gasteiger partial charge in [0.1, 0.15) is 6.61 Å². The largest absolute Gasteiger partial charge is 0.497 e. The lowest BCUT2D eigenvalue weighted by atomic mass is 9.91. The van der Waals surface area contributed by atoms with E-state index in [0.717, 1.165) is 17.0 Å². The molecule has 0 fully saturated rings. The summed E-state index contributed by atoms with van der Waals surface area (Å²) in [5.74, 6) is 0.195. The van der Waals surface area contributed by atoms with Gasteiger partial charge in [0.25, 0.3) is 0 Å². The van der Waals surface area contributed by atoms with E-state index in [1.165, 1.54) is 11.1 Å². The van der Waals surface area contributed by atoms with E-state index in [-0.39, 0.29) is 5.92 Å². The molecule has 4 nitrogen and oxygen atoms in total. The molecule has 0 bridgehead atoms. The Morgan fingerprint density at radius 1 is 1.00 bits per heavy atom. The molecular weight excluding hydrogens is 298 g/mol. The van der Waals surface area contributed by atoms with Gasteiger partial charge in [-0.15, -0.1) is 0 Å². The Balaban J connectivity index is 1.75. The molecule has 1 atom stereocenters. The molecule has 1 aliphatic rings. The maximum absolute atomic E-state index is 5.98. The molecule has 1 unspecified atom stereocenters.